The Labute approximate surface area is 125 Å². The van der Waals surface area contributed by atoms with Crippen LogP contribution in [0.25, 0.3) is 0 Å². The van der Waals surface area contributed by atoms with Gasteiger partial charge in [-0.3, -0.25) is 4.79 Å². The van der Waals surface area contributed by atoms with Crippen LogP contribution in [0, 0.1) is 29.6 Å². The molecule has 1 rings (SSSR count). The van der Waals surface area contributed by atoms with Crippen molar-refractivity contribution in [3.8, 4) is 17.9 Å². The quantitative estimate of drug-likeness (QED) is 0.752. The smallest absolute Gasteiger partial charge is 0.262 e. The first kappa shape index (κ1) is 16.5. The summed E-state index contributed by atoms with van der Waals surface area (Å²) in [5.41, 5.74) is 2.35. The highest BCUT2D eigenvalue weighted by Gasteiger charge is 2.13. The lowest BCUT2D eigenvalue weighted by Gasteiger charge is -2.17. The van der Waals surface area contributed by atoms with Gasteiger partial charge in [0.05, 0.1) is 12.1 Å². The molecule has 0 bridgehead atoms. The molecule has 0 N–H and O–H groups in total. The summed E-state index contributed by atoms with van der Waals surface area (Å²) in [4.78, 5) is 13.0. The zero-order valence-corrected chi connectivity index (χ0v) is 12.6. The SMILES string of the molecule is Cc1cc(OCC(=O)N(CC#N)CC#N)ccc1C(C)C. The van der Waals surface area contributed by atoms with Crippen LogP contribution in [-0.2, 0) is 4.79 Å². The van der Waals surface area contributed by atoms with Crippen LogP contribution >= 0.6 is 0 Å². The van der Waals surface area contributed by atoms with E-state index in [0.717, 1.165) is 10.5 Å². The van der Waals surface area contributed by atoms with Gasteiger partial charge in [0.25, 0.3) is 5.91 Å². The van der Waals surface area contributed by atoms with Crippen molar-refractivity contribution < 1.29 is 9.53 Å². The van der Waals surface area contributed by atoms with E-state index in [1.165, 1.54) is 5.56 Å². The van der Waals surface area contributed by atoms with Crippen molar-refractivity contribution in [2.75, 3.05) is 19.7 Å². The number of rotatable bonds is 6. The number of ether oxygens (including phenoxy) is 1. The van der Waals surface area contributed by atoms with E-state index in [2.05, 4.69) is 13.8 Å². The first-order valence-corrected chi connectivity index (χ1v) is 6.74. The molecule has 0 saturated heterocycles. The molecule has 0 aliphatic carbocycles. The fraction of sp³-hybridized carbons (Fsp3) is 0.438. The Morgan fingerprint density at radius 3 is 2.38 bits per heavy atom. The minimum atomic E-state index is -0.372. The Balaban J connectivity index is 2.67. The third kappa shape index (κ3) is 4.81. The van der Waals surface area contributed by atoms with Crippen LogP contribution in [0.2, 0.25) is 0 Å². The molecule has 5 heteroatoms. The first-order valence-electron chi connectivity index (χ1n) is 6.74. The standard InChI is InChI=1S/C16H19N3O2/c1-12(2)15-5-4-14(10-13(15)3)21-11-16(20)19(8-6-17)9-7-18/h4-5,10,12H,8-9,11H2,1-3H3. The number of nitrogens with zero attached hydrogens (tertiary/aromatic N) is 3. The van der Waals surface area contributed by atoms with Gasteiger partial charge in [-0.2, -0.15) is 10.5 Å². The molecule has 0 aliphatic rings. The molecule has 21 heavy (non-hydrogen) atoms. The van der Waals surface area contributed by atoms with E-state index >= 15 is 0 Å². The van der Waals surface area contributed by atoms with E-state index in [9.17, 15) is 4.79 Å². The average Bonchev–Trinajstić information content (AvgIpc) is 2.44. The molecular weight excluding hydrogens is 266 g/mol. The highest BCUT2D eigenvalue weighted by Crippen LogP contribution is 2.23. The largest absolute Gasteiger partial charge is 0.484 e. The van der Waals surface area contributed by atoms with Gasteiger partial charge in [-0.25, -0.2) is 0 Å². The molecule has 0 saturated carbocycles. The molecule has 0 spiro atoms. The van der Waals surface area contributed by atoms with E-state index in [-0.39, 0.29) is 25.6 Å². The summed E-state index contributed by atoms with van der Waals surface area (Å²) >= 11 is 0. The lowest BCUT2D eigenvalue weighted by molar-refractivity contribution is -0.132. The number of benzene rings is 1. The maximum absolute atomic E-state index is 11.9. The molecule has 0 aromatic heterocycles. The highest BCUT2D eigenvalue weighted by atomic mass is 16.5. The van der Waals surface area contributed by atoms with Crippen LogP contribution in [0.3, 0.4) is 0 Å². The third-order valence-corrected chi connectivity index (χ3v) is 3.10. The molecule has 0 fully saturated rings. The molecule has 0 aliphatic heterocycles. The minimum Gasteiger partial charge on any atom is -0.484 e. The molecule has 0 heterocycles. The first-order chi connectivity index (χ1) is 9.99. The van der Waals surface area contributed by atoms with Crippen LogP contribution in [0.4, 0.5) is 0 Å². The number of aryl methyl sites for hydroxylation is 1. The van der Waals surface area contributed by atoms with E-state index in [0.29, 0.717) is 11.7 Å². The Hall–Kier alpha value is -2.53. The zero-order valence-electron chi connectivity index (χ0n) is 12.6. The lowest BCUT2D eigenvalue weighted by atomic mass is 9.98. The summed E-state index contributed by atoms with van der Waals surface area (Å²) in [5.74, 6) is 0.672. The maximum Gasteiger partial charge on any atom is 0.262 e. The summed E-state index contributed by atoms with van der Waals surface area (Å²) in [6, 6.07) is 9.42. The Morgan fingerprint density at radius 1 is 1.29 bits per heavy atom. The second kappa shape index (κ2) is 7.91. The van der Waals surface area contributed by atoms with Crippen molar-refractivity contribution in [2.45, 2.75) is 26.7 Å². The van der Waals surface area contributed by atoms with Crippen LogP contribution in [0.1, 0.15) is 30.9 Å². The van der Waals surface area contributed by atoms with E-state index in [4.69, 9.17) is 15.3 Å². The second-order valence-electron chi connectivity index (χ2n) is 5.03. The molecule has 110 valence electrons. The summed E-state index contributed by atoms with van der Waals surface area (Å²) in [6.45, 7) is 5.84. The Kier molecular flexibility index (Phi) is 6.23. The molecule has 1 aromatic carbocycles. The predicted molar refractivity (Wildman–Crippen MR) is 78.6 cm³/mol. The topological polar surface area (TPSA) is 77.1 Å². The van der Waals surface area contributed by atoms with Crippen LogP contribution in [0.15, 0.2) is 18.2 Å². The maximum atomic E-state index is 11.9. The van der Waals surface area contributed by atoms with Gasteiger partial charge >= 0.3 is 0 Å². The predicted octanol–water partition coefficient (Wildman–Crippen LogP) is 2.37. The zero-order chi connectivity index (χ0) is 15.8. The highest BCUT2D eigenvalue weighted by molar-refractivity contribution is 5.78. The Bertz CT molecular complexity index is 566. The molecule has 0 unspecified atom stereocenters. The van der Waals surface area contributed by atoms with Gasteiger partial charge in [0.1, 0.15) is 18.8 Å². The average molecular weight is 285 g/mol. The van der Waals surface area contributed by atoms with E-state index < -0.39 is 0 Å². The van der Waals surface area contributed by atoms with Crippen molar-refractivity contribution in [3.63, 3.8) is 0 Å². The van der Waals surface area contributed by atoms with Gasteiger partial charge in [0, 0.05) is 0 Å². The number of nitriles is 2. The fourth-order valence-corrected chi connectivity index (χ4v) is 2.03. The monoisotopic (exact) mass is 285 g/mol. The minimum absolute atomic E-state index is 0.110. The summed E-state index contributed by atoms with van der Waals surface area (Å²) in [7, 11) is 0. The lowest BCUT2D eigenvalue weighted by Crippen LogP contribution is -2.35. The number of hydrogen-bond acceptors (Lipinski definition) is 4. The Morgan fingerprint density at radius 2 is 1.90 bits per heavy atom. The summed E-state index contributed by atoms with van der Waals surface area (Å²) in [6.07, 6.45) is 0. The van der Waals surface area contributed by atoms with Crippen LogP contribution in [-0.4, -0.2) is 30.5 Å². The van der Waals surface area contributed by atoms with Crippen LogP contribution < -0.4 is 4.74 Å². The molecular formula is C16H19N3O2. The van der Waals surface area contributed by atoms with Crippen molar-refractivity contribution in [3.05, 3.63) is 29.3 Å². The van der Waals surface area contributed by atoms with Gasteiger partial charge in [0.2, 0.25) is 0 Å². The molecule has 5 nitrogen and oxygen atoms in total. The molecule has 0 radical (unpaired) electrons. The molecule has 1 aromatic rings. The molecule has 1 amide bonds. The number of carbonyl (C=O) groups excluding carboxylic acids is 1. The number of carbonyl (C=O) groups is 1. The van der Waals surface area contributed by atoms with Gasteiger partial charge in [-0.1, -0.05) is 19.9 Å². The van der Waals surface area contributed by atoms with Gasteiger partial charge in [-0.15, -0.1) is 0 Å². The van der Waals surface area contributed by atoms with Crippen molar-refractivity contribution in [1.29, 1.82) is 10.5 Å². The van der Waals surface area contributed by atoms with Gasteiger partial charge in [0.15, 0.2) is 6.61 Å². The van der Waals surface area contributed by atoms with E-state index in [1.807, 2.05) is 37.3 Å². The normalized spacial score (nSPS) is 9.81. The number of hydrogen-bond donors (Lipinski definition) is 0. The molecule has 0 atom stereocenters. The summed E-state index contributed by atoms with van der Waals surface area (Å²) < 4.78 is 5.45. The van der Waals surface area contributed by atoms with E-state index in [1.54, 1.807) is 0 Å². The number of amides is 1. The van der Waals surface area contributed by atoms with Crippen LogP contribution in [0.5, 0.6) is 5.75 Å². The van der Waals surface area contributed by atoms with Gasteiger partial charge in [-0.05, 0) is 36.1 Å². The van der Waals surface area contributed by atoms with Crippen molar-refractivity contribution in [1.82, 2.24) is 4.90 Å². The van der Waals surface area contributed by atoms with Crippen molar-refractivity contribution in [2.24, 2.45) is 0 Å². The van der Waals surface area contributed by atoms with Gasteiger partial charge < -0.3 is 9.64 Å². The summed E-state index contributed by atoms with van der Waals surface area (Å²) in [5, 5.41) is 17.2. The second-order valence-corrected chi connectivity index (χ2v) is 5.03. The fourth-order valence-electron chi connectivity index (χ4n) is 2.03. The third-order valence-electron chi connectivity index (χ3n) is 3.10. The van der Waals surface area contributed by atoms with Crippen molar-refractivity contribution >= 4 is 5.91 Å².